The molecule has 1 aliphatic carbocycles. The zero-order valence-electron chi connectivity index (χ0n) is 25.4. The first kappa shape index (κ1) is 28.6. The van der Waals surface area contributed by atoms with Crippen LogP contribution in [0, 0.1) is 5.41 Å². The maximum absolute atomic E-state index is 14.0. The fourth-order valence-corrected chi connectivity index (χ4v) is 9.88. The average molecular weight is 635 g/mol. The zero-order valence-corrected chi connectivity index (χ0v) is 27.0. The lowest BCUT2D eigenvalue weighted by Gasteiger charge is -2.43. The van der Waals surface area contributed by atoms with Crippen LogP contribution in [0.1, 0.15) is 46.0 Å². The number of hydrogen-bond acceptors (Lipinski definition) is 8. The van der Waals surface area contributed by atoms with E-state index in [2.05, 4.69) is 84.3 Å². The normalized spacial score (nSPS) is 21.9. The van der Waals surface area contributed by atoms with E-state index in [0.717, 1.165) is 50.5 Å². The molecule has 4 aromatic rings. The lowest BCUT2D eigenvalue weighted by molar-refractivity contribution is -0.236. The van der Waals surface area contributed by atoms with Crippen molar-refractivity contribution in [2.75, 3.05) is 22.9 Å². The summed E-state index contributed by atoms with van der Waals surface area (Å²) in [5.74, 6) is -2.65. The third-order valence-electron chi connectivity index (χ3n) is 9.52. The molecule has 0 N–H and O–H groups in total. The fraction of sp³-hybridized carbons (Fsp3) is 0.297. The van der Waals surface area contributed by atoms with E-state index in [1.165, 1.54) is 21.5 Å². The maximum atomic E-state index is 14.0. The van der Waals surface area contributed by atoms with Crippen LogP contribution in [0.5, 0.6) is 0 Å². The number of cyclic esters (lactones) is 2. The van der Waals surface area contributed by atoms with Gasteiger partial charge in [0.25, 0.3) is 0 Å². The molecule has 4 aliphatic rings. The second-order valence-corrected chi connectivity index (χ2v) is 14.1. The number of ether oxygens (including phenoxy) is 2. The lowest BCUT2D eigenvalue weighted by Crippen LogP contribution is -2.56. The van der Waals surface area contributed by atoms with E-state index < -0.39 is 23.1 Å². The van der Waals surface area contributed by atoms with Gasteiger partial charge in [-0.3, -0.25) is 9.59 Å². The number of carbonyl (C=O) groups is 2. The van der Waals surface area contributed by atoms with E-state index >= 15 is 0 Å². The molecule has 2 fully saturated rings. The summed E-state index contributed by atoms with van der Waals surface area (Å²) in [6.07, 6.45) is 7.26. The van der Waals surface area contributed by atoms with Crippen LogP contribution in [0.15, 0.2) is 105 Å². The standard InChI is InChI=1S/C37H34N2O4S2/c1-3-38-28-18-16-24-12-6-8-14-26(24)32(28)44-30(38)22-37(42-34(40)36(35(41)43-37)20-10-5-11-21-36)23-31-39(4-2)29-19-17-25-13-7-9-15-27(25)33(29)45-31/h6-9,12-19,22-23H,3-5,10-11,20-21H2,1-2H3. The van der Waals surface area contributed by atoms with Gasteiger partial charge < -0.3 is 19.3 Å². The van der Waals surface area contributed by atoms with Crippen LogP contribution in [0.4, 0.5) is 11.4 Å². The number of rotatable bonds is 4. The second kappa shape index (κ2) is 10.9. The number of benzene rings is 4. The molecule has 3 heterocycles. The predicted octanol–water partition coefficient (Wildman–Crippen LogP) is 8.99. The van der Waals surface area contributed by atoms with Crippen molar-refractivity contribution >= 4 is 68.4 Å². The highest BCUT2D eigenvalue weighted by molar-refractivity contribution is 8.04. The van der Waals surface area contributed by atoms with Gasteiger partial charge in [-0.1, -0.05) is 103 Å². The van der Waals surface area contributed by atoms with Crippen LogP contribution in [0.3, 0.4) is 0 Å². The highest BCUT2D eigenvalue weighted by atomic mass is 32.2. The molecular weight excluding hydrogens is 601 g/mol. The molecule has 8 heteroatoms. The van der Waals surface area contributed by atoms with Crippen molar-refractivity contribution in [1.29, 1.82) is 0 Å². The first-order chi connectivity index (χ1) is 21.9. The molecule has 0 amide bonds. The SMILES string of the molecule is CCN1C(=CC2(C=C3Sc4c(ccc5ccccc45)N3CC)OC(=O)C3(CCCCC3)C(=O)O2)Sc2c1ccc1ccccc21. The quantitative estimate of drug-likeness (QED) is 0.163. The summed E-state index contributed by atoms with van der Waals surface area (Å²) in [7, 11) is 0. The topological polar surface area (TPSA) is 59.1 Å². The van der Waals surface area contributed by atoms with Gasteiger partial charge in [-0.25, -0.2) is 0 Å². The molecule has 6 nitrogen and oxygen atoms in total. The minimum atomic E-state index is -1.70. The van der Waals surface area contributed by atoms with Gasteiger partial charge in [-0.2, -0.15) is 0 Å². The molecule has 45 heavy (non-hydrogen) atoms. The van der Waals surface area contributed by atoms with Crippen LogP contribution in [-0.2, 0) is 19.1 Å². The Bertz CT molecular complexity index is 1810. The second-order valence-electron chi connectivity index (χ2n) is 12.1. The van der Waals surface area contributed by atoms with Gasteiger partial charge in [0.05, 0.1) is 21.4 Å². The predicted molar refractivity (Wildman–Crippen MR) is 182 cm³/mol. The van der Waals surface area contributed by atoms with E-state index in [-0.39, 0.29) is 0 Å². The van der Waals surface area contributed by atoms with E-state index in [9.17, 15) is 9.59 Å². The molecule has 0 radical (unpaired) electrons. The van der Waals surface area contributed by atoms with Crippen molar-refractivity contribution in [3.63, 3.8) is 0 Å². The van der Waals surface area contributed by atoms with Crippen LogP contribution in [0.2, 0.25) is 0 Å². The van der Waals surface area contributed by atoms with Gasteiger partial charge >= 0.3 is 17.7 Å². The van der Waals surface area contributed by atoms with E-state index in [1.54, 1.807) is 23.5 Å². The van der Waals surface area contributed by atoms with Gasteiger partial charge in [-0.15, -0.1) is 0 Å². The summed E-state index contributed by atoms with van der Waals surface area (Å²) in [6.45, 7) is 5.62. The first-order valence-electron chi connectivity index (χ1n) is 15.8. The Hall–Kier alpha value is -3.88. The molecule has 0 aromatic heterocycles. The fourth-order valence-electron chi connectivity index (χ4n) is 7.18. The Labute approximate surface area is 271 Å². The number of nitrogens with zero attached hydrogens (tertiary/aromatic N) is 2. The molecule has 4 aromatic carbocycles. The number of carbonyl (C=O) groups excluding carboxylic acids is 2. The zero-order chi connectivity index (χ0) is 30.8. The number of esters is 2. The Kier molecular flexibility index (Phi) is 6.91. The van der Waals surface area contributed by atoms with Gasteiger partial charge in [0.15, 0.2) is 5.41 Å². The Morgan fingerprint density at radius 3 is 1.60 bits per heavy atom. The monoisotopic (exact) mass is 634 g/mol. The van der Waals surface area contributed by atoms with Crippen LogP contribution >= 0.6 is 23.5 Å². The van der Waals surface area contributed by atoms with E-state index in [1.807, 2.05) is 24.3 Å². The van der Waals surface area contributed by atoms with Crippen molar-refractivity contribution < 1.29 is 19.1 Å². The Morgan fingerprint density at radius 1 is 0.667 bits per heavy atom. The van der Waals surface area contributed by atoms with Crippen LogP contribution in [0.25, 0.3) is 21.5 Å². The summed E-state index contributed by atoms with van der Waals surface area (Å²) >= 11 is 3.26. The molecule has 1 saturated heterocycles. The third kappa shape index (κ3) is 4.48. The van der Waals surface area contributed by atoms with Gasteiger partial charge in [0, 0.05) is 35.0 Å². The molecule has 8 rings (SSSR count). The van der Waals surface area contributed by atoms with Crippen molar-refractivity contribution in [2.45, 2.75) is 61.5 Å². The minimum Gasteiger partial charge on any atom is -0.414 e. The highest BCUT2D eigenvalue weighted by Gasteiger charge is 2.58. The van der Waals surface area contributed by atoms with Crippen molar-refractivity contribution in [3.8, 4) is 0 Å². The molecule has 0 bridgehead atoms. The largest absolute Gasteiger partial charge is 0.414 e. The summed E-state index contributed by atoms with van der Waals surface area (Å²) < 4.78 is 12.8. The van der Waals surface area contributed by atoms with E-state index in [0.29, 0.717) is 25.9 Å². The summed E-state index contributed by atoms with van der Waals surface area (Å²) in [5, 5.41) is 6.40. The Balaban J connectivity index is 1.27. The first-order valence-corrected chi connectivity index (χ1v) is 17.5. The number of thioether (sulfide) groups is 2. The van der Waals surface area contributed by atoms with Crippen molar-refractivity contribution in [2.24, 2.45) is 5.41 Å². The smallest absolute Gasteiger partial charge is 0.327 e. The molecule has 3 aliphatic heterocycles. The molecule has 1 spiro atoms. The van der Waals surface area contributed by atoms with Crippen LogP contribution < -0.4 is 9.80 Å². The van der Waals surface area contributed by atoms with Gasteiger partial charge in [0.2, 0.25) is 0 Å². The summed E-state index contributed by atoms with van der Waals surface area (Å²) in [5.41, 5.74) is 0.964. The lowest BCUT2D eigenvalue weighted by atomic mass is 9.73. The summed E-state index contributed by atoms with van der Waals surface area (Å²) in [6, 6.07) is 25.3. The van der Waals surface area contributed by atoms with Crippen LogP contribution in [-0.4, -0.2) is 30.8 Å². The molecule has 0 atom stereocenters. The Morgan fingerprint density at radius 2 is 1.13 bits per heavy atom. The third-order valence-corrected chi connectivity index (χ3v) is 11.9. The van der Waals surface area contributed by atoms with Crippen molar-refractivity contribution in [1.82, 2.24) is 0 Å². The number of anilines is 2. The maximum Gasteiger partial charge on any atom is 0.327 e. The number of fused-ring (bicyclic) bond motifs is 6. The molecule has 0 unspecified atom stereocenters. The van der Waals surface area contributed by atoms with Gasteiger partial charge in [-0.05, 0) is 60.4 Å². The summed E-state index contributed by atoms with van der Waals surface area (Å²) in [4.78, 5) is 34.7. The molecule has 228 valence electrons. The highest BCUT2D eigenvalue weighted by Crippen LogP contribution is 2.54. The van der Waals surface area contributed by atoms with Crippen molar-refractivity contribution in [3.05, 3.63) is 95.0 Å². The molecular formula is C37H34N2O4S2. The molecule has 1 saturated carbocycles. The minimum absolute atomic E-state index is 0.467. The van der Waals surface area contributed by atoms with Gasteiger partial charge in [0.1, 0.15) is 0 Å². The van der Waals surface area contributed by atoms with E-state index in [4.69, 9.17) is 9.47 Å². The average Bonchev–Trinajstić information content (AvgIpc) is 3.61. The number of hydrogen-bond donors (Lipinski definition) is 0.